The van der Waals surface area contributed by atoms with Crippen molar-refractivity contribution in [2.24, 2.45) is 0 Å². The number of methoxy groups -OCH3 is 1. The molecule has 1 N–H and O–H groups in total. The second kappa shape index (κ2) is 7.44. The standard InChI is InChI=1S/C19H18FN3OS/c1-12(10-13-5-8-17(21-2)23-19(13)20)4-9-18-22-15-7-6-14(24-3)11-16(15)25-18/h4-11H,1-3H3,(H,21,23)/b9-4+,12-10+. The van der Waals surface area contributed by atoms with Crippen LogP contribution in [0.5, 0.6) is 5.75 Å². The molecule has 0 bridgehead atoms. The van der Waals surface area contributed by atoms with Gasteiger partial charge in [0.1, 0.15) is 16.6 Å². The molecule has 0 saturated heterocycles. The minimum atomic E-state index is -0.494. The van der Waals surface area contributed by atoms with Gasteiger partial charge in [0.25, 0.3) is 0 Å². The van der Waals surface area contributed by atoms with Gasteiger partial charge in [-0.2, -0.15) is 4.39 Å². The third kappa shape index (κ3) is 4.03. The van der Waals surface area contributed by atoms with Gasteiger partial charge < -0.3 is 10.1 Å². The number of ether oxygens (including phenoxy) is 1. The molecular weight excluding hydrogens is 337 g/mol. The number of aromatic nitrogens is 2. The Hall–Kier alpha value is -2.73. The van der Waals surface area contributed by atoms with Crippen molar-refractivity contribution in [1.29, 1.82) is 0 Å². The van der Waals surface area contributed by atoms with Gasteiger partial charge in [-0.1, -0.05) is 11.6 Å². The Bertz CT molecular complexity index is 962. The van der Waals surface area contributed by atoms with Gasteiger partial charge in [0, 0.05) is 12.6 Å². The van der Waals surface area contributed by atoms with Gasteiger partial charge in [-0.15, -0.1) is 11.3 Å². The Morgan fingerprint density at radius 3 is 2.80 bits per heavy atom. The lowest BCUT2D eigenvalue weighted by atomic mass is 10.1. The Morgan fingerprint density at radius 2 is 2.08 bits per heavy atom. The van der Waals surface area contributed by atoms with Crippen molar-refractivity contribution >= 4 is 39.5 Å². The molecule has 0 aliphatic heterocycles. The molecule has 0 amide bonds. The number of thiazole rings is 1. The van der Waals surface area contributed by atoms with Crippen LogP contribution in [0.4, 0.5) is 10.2 Å². The van der Waals surface area contributed by atoms with E-state index >= 15 is 0 Å². The summed E-state index contributed by atoms with van der Waals surface area (Å²) >= 11 is 1.58. The van der Waals surface area contributed by atoms with E-state index in [-0.39, 0.29) is 0 Å². The third-order valence-corrected chi connectivity index (χ3v) is 4.60. The van der Waals surface area contributed by atoms with Crippen LogP contribution < -0.4 is 10.1 Å². The van der Waals surface area contributed by atoms with Gasteiger partial charge in [-0.3, -0.25) is 0 Å². The van der Waals surface area contributed by atoms with Crippen LogP contribution in [0.15, 0.2) is 42.0 Å². The Labute approximate surface area is 149 Å². The van der Waals surface area contributed by atoms with Gasteiger partial charge in [-0.25, -0.2) is 9.97 Å². The number of nitrogens with zero attached hydrogens (tertiary/aromatic N) is 2. The van der Waals surface area contributed by atoms with E-state index < -0.39 is 5.95 Å². The van der Waals surface area contributed by atoms with Crippen LogP contribution in [0, 0.1) is 5.95 Å². The fraction of sp³-hybridized carbons (Fsp3) is 0.158. The van der Waals surface area contributed by atoms with Gasteiger partial charge in [0.2, 0.25) is 5.95 Å². The molecule has 0 radical (unpaired) electrons. The molecule has 0 saturated carbocycles. The Kier molecular flexibility index (Phi) is 5.09. The average molecular weight is 355 g/mol. The van der Waals surface area contributed by atoms with Crippen molar-refractivity contribution in [1.82, 2.24) is 9.97 Å². The van der Waals surface area contributed by atoms with Crippen LogP contribution in [0.1, 0.15) is 17.5 Å². The summed E-state index contributed by atoms with van der Waals surface area (Å²) in [6, 6.07) is 9.25. The SMILES string of the molecule is CNc1ccc(/C=C(C)/C=C/c2nc3ccc(OC)cc3s2)c(F)n1. The molecule has 0 fully saturated rings. The second-order valence-corrected chi connectivity index (χ2v) is 6.50. The first-order valence-electron chi connectivity index (χ1n) is 7.74. The highest BCUT2D eigenvalue weighted by molar-refractivity contribution is 7.19. The Balaban J connectivity index is 1.81. The highest BCUT2D eigenvalue weighted by Gasteiger charge is 2.04. The Morgan fingerprint density at radius 1 is 1.24 bits per heavy atom. The minimum absolute atomic E-state index is 0.454. The summed E-state index contributed by atoms with van der Waals surface area (Å²) in [5, 5.41) is 3.70. The average Bonchev–Trinajstić information content (AvgIpc) is 3.03. The molecule has 0 unspecified atom stereocenters. The van der Waals surface area contributed by atoms with E-state index in [1.54, 1.807) is 43.7 Å². The summed E-state index contributed by atoms with van der Waals surface area (Å²) < 4.78 is 20.2. The van der Waals surface area contributed by atoms with Crippen LogP contribution in [0.25, 0.3) is 22.4 Å². The first-order chi connectivity index (χ1) is 12.1. The summed E-state index contributed by atoms with van der Waals surface area (Å²) in [4.78, 5) is 8.40. The number of fused-ring (bicyclic) bond motifs is 1. The number of anilines is 1. The normalized spacial score (nSPS) is 12.1. The first kappa shape index (κ1) is 17.1. The van der Waals surface area contributed by atoms with E-state index in [4.69, 9.17) is 4.74 Å². The number of allylic oxidation sites excluding steroid dienone is 2. The van der Waals surface area contributed by atoms with Gasteiger partial charge >= 0.3 is 0 Å². The zero-order valence-corrected chi connectivity index (χ0v) is 15.0. The largest absolute Gasteiger partial charge is 0.497 e. The summed E-state index contributed by atoms with van der Waals surface area (Å²) in [5.74, 6) is 0.829. The number of halogens is 1. The second-order valence-electron chi connectivity index (χ2n) is 5.43. The van der Waals surface area contributed by atoms with Crippen molar-refractivity contribution in [2.45, 2.75) is 6.92 Å². The van der Waals surface area contributed by atoms with Crippen molar-refractivity contribution in [2.75, 3.05) is 19.5 Å². The lowest BCUT2D eigenvalue weighted by molar-refractivity contribution is 0.415. The maximum atomic E-state index is 13.9. The van der Waals surface area contributed by atoms with Gasteiger partial charge in [0.15, 0.2) is 0 Å². The molecule has 2 heterocycles. The van der Waals surface area contributed by atoms with E-state index in [0.717, 1.165) is 26.5 Å². The smallest absolute Gasteiger partial charge is 0.222 e. The number of benzene rings is 1. The summed E-state index contributed by atoms with van der Waals surface area (Å²) in [7, 11) is 3.35. The van der Waals surface area contributed by atoms with Crippen LogP contribution >= 0.6 is 11.3 Å². The van der Waals surface area contributed by atoms with Gasteiger partial charge in [-0.05, 0) is 49.4 Å². The number of pyridine rings is 1. The topological polar surface area (TPSA) is 47.0 Å². The summed E-state index contributed by atoms with van der Waals surface area (Å²) in [6.07, 6.45) is 5.60. The number of rotatable bonds is 5. The minimum Gasteiger partial charge on any atom is -0.497 e. The molecule has 4 nitrogen and oxygen atoms in total. The molecule has 0 aliphatic rings. The van der Waals surface area contributed by atoms with E-state index in [2.05, 4.69) is 15.3 Å². The molecule has 0 aliphatic carbocycles. The molecule has 0 spiro atoms. The fourth-order valence-electron chi connectivity index (χ4n) is 2.31. The molecule has 0 atom stereocenters. The maximum Gasteiger partial charge on any atom is 0.222 e. The fourth-order valence-corrected chi connectivity index (χ4v) is 3.21. The van der Waals surface area contributed by atoms with Crippen LogP contribution in [0.3, 0.4) is 0 Å². The summed E-state index contributed by atoms with van der Waals surface area (Å²) in [5.41, 5.74) is 2.30. The van der Waals surface area contributed by atoms with Crippen LogP contribution in [-0.4, -0.2) is 24.1 Å². The number of hydrogen-bond acceptors (Lipinski definition) is 5. The predicted molar refractivity (Wildman–Crippen MR) is 103 cm³/mol. The molecule has 1 aromatic carbocycles. The molecule has 3 aromatic rings. The van der Waals surface area contributed by atoms with E-state index in [1.165, 1.54) is 0 Å². The van der Waals surface area contributed by atoms with Gasteiger partial charge in [0.05, 0.1) is 17.3 Å². The van der Waals surface area contributed by atoms with Crippen LogP contribution in [0.2, 0.25) is 0 Å². The van der Waals surface area contributed by atoms with E-state index in [1.807, 2.05) is 37.3 Å². The highest BCUT2D eigenvalue weighted by Crippen LogP contribution is 2.27. The number of hydrogen-bond donors (Lipinski definition) is 1. The third-order valence-electron chi connectivity index (χ3n) is 3.62. The van der Waals surface area contributed by atoms with E-state index in [0.29, 0.717) is 11.4 Å². The van der Waals surface area contributed by atoms with Crippen LogP contribution in [-0.2, 0) is 0 Å². The zero-order chi connectivity index (χ0) is 17.8. The molecule has 6 heteroatoms. The number of nitrogens with one attached hydrogen (secondary N) is 1. The van der Waals surface area contributed by atoms with E-state index in [9.17, 15) is 4.39 Å². The highest BCUT2D eigenvalue weighted by atomic mass is 32.1. The van der Waals surface area contributed by atoms with Crippen molar-refractivity contribution < 1.29 is 9.13 Å². The molecule has 25 heavy (non-hydrogen) atoms. The molecule has 128 valence electrons. The maximum absolute atomic E-state index is 13.9. The molecule has 2 aromatic heterocycles. The quantitative estimate of drug-likeness (QED) is 0.517. The summed E-state index contributed by atoms with van der Waals surface area (Å²) in [6.45, 7) is 1.91. The van der Waals surface area contributed by atoms with Crippen molar-refractivity contribution in [3.05, 3.63) is 58.5 Å². The first-order valence-corrected chi connectivity index (χ1v) is 8.56. The molecular formula is C19H18FN3OS. The van der Waals surface area contributed by atoms with Crippen molar-refractivity contribution in [3.8, 4) is 5.75 Å². The lowest BCUT2D eigenvalue weighted by Gasteiger charge is -2.01. The molecule has 3 rings (SSSR count). The zero-order valence-electron chi connectivity index (χ0n) is 14.2. The monoisotopic (exact) mass is 355 g/mol. The predicted octanol–water partition coefficient (Wildman–Crippen LogP) is 5.00. The van der Waals surface area contributed by atoms with Crippen molar-refractivity contribution in [3.63, 3.8) is 0 Å². The lowest BCUT2D eigenvalue weighted by Crippen LogP contribution is -1.96.